The molecular formula is C34H52O5. The first-order valence-corrected chi connectivity index (χ1v) is 16.1. The fourth-order valence-electron chi connectivity index (χ4n) is 10.4. The minimum Gasteiger partial charge on any atom is -0.487 e. The second-order valence-corrected chi connectivity index (χ2v) is 14.1. The maximum atomic E-state index is 11.9. The topological polar surface area (TPSA) is 57.2 Å². The molecule has 2 aliphatic heterocycles. The SMILES string of the molecule is C[C@@H]1CCCOCCOc2ccccc2OCCO[C@@H]2CC[C@@]3(C)[C@H](CC[C@H]4C5CC[C@H]1[C@@]5(C)[C@@H](O)C[C@@H]43)C2. The van der Waals surface area contributed by atoms with Crippen molar-refractivity contribution < 1.29 is 24.1 Å². The van der Waals surface area contributed by atoms with Crippen molar-refractivity contribution in [1.82, 2.24) is 0 Å². The van der Waals surface area contributed by atoms with Crippen LogP contribution in [0.1, 0.15) is 85.0 Å². The molecule has 5 nitrogen and oxygen atoms in total. The first kappa shape index (κ1) is 27.8. The molecule has 1 aromatic carbocycles. The lowest BCUT2D eigenvalue weighted by Gasteiger charge is -2.62. The normalized spacial score (nSPS) is 45.3. The Morgan fingerprint density at radius 1 is 0.769 bits per heavy atom. The predicted molar refractivity (Wildman–Crippen MR) is 153 cm³/mol. The second-order valence-electron chi connectivity index (χ2n) is 14.1. The van der Waals surface area contributed by atoms with Crippen LogP contribution in [0.4, 0.5) is 0 Å². The summed E-state index contributed by atoms with van der Waals surface area (Å²) in [6.07, 6.45) is 12.2. The Morgan fingerprint density at radius 3 is 2.31 bits per heavy atom. The number of fused-ring (bicyclic) bond motifs is 12. The average molecular weight is 541 g/mol. The molecule has 0 radical (unpaired) electrons. The van der Waals surface area contributed by atoms with Crippen LogP contribution >= 0.6 is 0 Å². The van der Waals surface area contributed by atoms with Crippen molar-refractivity contribution in [3.63, 3.8) is 0 Å². The highest BCUT2D eigenvalue weighted by molar-refractivity contribution is 5.39. The fourth-order valence-corrected chi connectivity index (χ4v) is 10.4. The molecule has 10 atom stereocenters. The molecule has 5 heteroatoms. The van der Waals surface area contributed by atoms with Crippen molar-refractivity contribution in [2.24, 2.45) is 46.3 Å². The summed E-state index contributed by atoms with van der Waals surface area (Å²) in [5, 5.41) is 11.9. The summed E-state index contributed by atoms with van der Waals surface area (Å²) in [5.41, 5.74) is 0.412. The zero-order valence-corrected chi connectivity index (χ0v) is 24.6. The molecule has 2 heterocycles. The molecule has 4 saturated carbocycles. The Hall–Kier alpha value is -1.30. The maximum Gasteiger partial charge on any atom is 0.161 e. The molecule has 1 N–H and O–H groups in total. The molecule has 4 aliphatic carbocycles. The summed E-state index contributed by atoms with van der Waals surface area (Å²) in [7, 11) is 0. The lowest BCUT2D eigenvalue weighted by molar-refractivity contribution is -0.178. The van der Waals surface area contributed by atoms with Crippen molar-refractivity contribution in [3.05, 3.63) is 24.3 Å². The molecule has 0 amide bonds. The van der Waals surface area contributed by atoms with Gasteiger partial charge in [-0.05, 0) is 123 Å². The molecule has 39 heavy (non-hydrogen) atoms. The van der Waals surface area contributed by atoms with Gasteiger partial charge in [0, 0.05) is 6.61 Å². The molecule has 1 aromatic rings. The van der Waals surface area contributed by atoms with E-state index in [1.54, 1.807) is 0 Å². The third-order valence-corrected chi connectivity index (χ3v) is 12.5. The lowest BCUT2D eigenvalue weighted by atomic mass is 9.43. The highest BCUT2D eigenvalue weighted by Gasteiger charge is 2.63. The number of benzene rings is 1. The molecule has 0 aromatic heterocycles. The largest absolute Gasteiger partial charge is 0.487 e. The van der Waals surface area contributed by atoms with Gasteiger partial charge in [0.2, 0.25) is 0 Å². The number of hydrogen-bond donors (Lipinski definition) is 1. The van der Waals surface area contributed by atoms with Crippen LogP contribution in [-0.2, 0) is 9.47 Å². The second kappa shape index (κ2) is 11.5. The summed E-state index contributed by atoms with van der Waals surface area (Å²) >= 11 is 0. The molecule has 6 aliphatic rings. The minimum atomic E-state index is -0.169. The van der Waals surface area contributed by atoms with Gasteiger partial charge in [0.05, 0.1) is 25.4 Å². The molecule has 5 bridgehead atoms. The summed E-state index contributed by atoms with van der Waals surface area (Å²) < 4.78 is 24.5. The van der Waals surface area contributed by atoms with Crippen LogP contribution in [0.15, 0.2) is 24.3 Å². The quantitative estimate of drug-likeness (QED) is 0.388. The first-order valence-electron chi connectivity index (χ1n) is 16.1. The van der Waals surface area contributed by atoms with E-state index in [9.17, 15) is 5.11 Å². The first-order chi connectivity index (χ1) is 18.9. The molecule has 1 unspecified atom stereocenters. The Labute approximate surface area is 236 Å². The van der Waals surface area contributed by atoms with Crippen LogP contribution in [0.2, 0.25) is 0 Å². The highest BCUT2D eigenvalue weighted by Crippen LogP contribution is 2.68. The highest BCUT2D eigenvalue weighted by atomic mass is 16.6. The maximum absolute atomic E-state index is 11.9. The van der Waals surface area contributed by atoms with Crippen LogP contribution in [0.25, 0.3) is 0 Å². The van der Waals surface area contributed by atoms with Gasteiger partial charge in [-0.15, -0.1) is 0 Å². The van der Waals surface area contributed by atoms with Crippen LogP contribution in [-0.4, -0.2) is 50.3 Å². The van der Waals surface area contributed by atoms with Gasteiger partial charge in [0.15, 0.2) is 11.5 Å². The fraction of sp³-hybridized carbons (Fsp3) is 0.824. The smallest absolute Gasteiger partial charge is 0.161 e. The summed E-state index contributed by atoms with van der Waals surface area (Å²) in [6, 6.07) is 7.92. The van der Waals surface area contributed by atoms with E-state index in [1.807, 2.05) is 24.3 Å². The van der Waals surface area contributed by atoms with Crippen LogP contribution in [0.3, 0.4) is 0 Å². The van der Waals surface area contributed by atoms with Crippen molar-refractivity contribution in [1.29, 1.82) is 0 Å². The summed E-state index contributed by atoms with van der Waals surface area (Å²) in [6.45, 7) is 10.5. The third kappa shape index (κ3) is 5.14. The molecule has 0 spiro atoms. The zero-order chi connectivity index (χ0) is 27.0. The van der Waals surface area contributed by atoms with Crippen molar-refractivity contribution in [2.45, 2.75) is 97.2 Å². The van der Waals surface area contributed by atoms with E-state index in [-0.39, 0.29) is 11.5 Å². The van der Waals surface area contributed by atoms with Crippen molar-refractivity contribution in [2.75, 3.05) is 33.0 Å². The lowest BCUT2D eigenvalue weighted by Crippen LogP contribution is -2.59. The van der Waals surface area contributed by atoms with E-state index in [4.69, 9.17) is 18.9 Å². The van der Waals surface area contributed by atoms with Crippen molar-refractivity contribution >= 4 is 0 Å². The number of ether oxygens (including phenoxy) is 4. The number of aliphatic hydroxyl groups is 1. The molecule has 218 valence electrons. The predicted octanol–water partition coefficient (Wildman–Crippen LogP) is 6.91. The Bertz CT molecular complexity index is 967. The van der Waals surface area contributed by atoms with Crippen LogP contribution in [0, 0.1) is 46.3 Å². The van der Waals surface area contributed by atoms with E-state index < -0.39 is 0 Å². The van der Waals surface area contributed by atoms with E-state index in [0.717, 1.165) is 49.7 Å². The van der Waals surface area contributed by atoms with Gasteiger partial charge in [-0.25, -0.2) is 0 Å². The summed E-state index contributed by atoms with van der Waals surface area (Å²) in [4.78, 5) is 0. The van der Waals surface area contributed by atoms with Gasteiger partial charge in [-0.2, -0.15) is 0 Å². The Balaban J connectivity index is 1.19. The van der Waals surface area contributed by atoms with Crippen molar-refractivity contribution in [3.8, 4) is 11.5 Å². The van der Waals surface area contributed by atoms with Gasteiger partial charge in [0.25, 0.3) is 0 Å². The van der Waals surface area contributed by atoms with Gasteiger partial charge in [-0.3, -0.25) is 0 Å². The van der Waals surface area contributed by atoms with Gasteiger partial charge < -0.3 is 24.1 Å². The Kier molecular flexibility index (Phi) is 8.23. The number of hydrogen-bond acceptors (Lipinski definition) is 5. The third-order valence-electron chi connectivity index (χ3n) is 12.5. The standard InChI is InChI=1S/C34H52O5/c1-23-7-6-16-36-17-18-38-30-8-4-5-9-31(30)39-20-19-37-25-14-15-33(2)24(21-25)10-11-26-28-13-12-27(23)34(28,3)32(35)22-29(26)33/h4-5,8-9,23-29,32,35H,6-7,10-22H2,1-3H3/t23-,24-,25-,26+,27-,28?,29+,32+,33+,34-/m1/s1. The number of aliphatic hydroxyl groups excluding tert-OH is 1. The zero-order valence-electron chi connectivity index (χ0n) is 24.6. The number of rotatable bonds is 0. The Morgan fingerprint density at radius 2 is 1.51 bits per heavy atom. The monoisotopic (exact) mass is 540 g/mol. The average Bonchev–Trinajstić information content (AvgIpc) is 3.30. The van der Waals surface area contributed by atoms with E-state index in [0.29, 0.717) is 67.5 Å². The molecular weight excluding hydrogens is 488 g/mol. The molecule has 7 rings (SSSR count). The number of para-hydroxylation sites is 2. The molecule has 0 saturated heterocycles. The van der Waals surface area contributed by atoms with Gasteiger partial charge in [-0.1, -0.05) is 32.9 Å². The van der Waals surface area contributed by atoms with Gasteiger partial charge in [0.1, 0.15) is 13.2 Å². The summed E-state index contributed by atoms with van der Waals surface area (Å²) in [5.74, 6) is 5.63. The minimum absolute atomic E-state index is 0.0709. The molecule has 4 fully saturated rings. The van der Waals surface area contributed by atoms with Crippen LogP contribution < -0.4 is 9.47 Å². The van der Waals surface area contributed by atoms with Gasteiger partial charge >= 0.3 is 0 Å². The van der Waals surface area contributed by atoms with E-state index in [2.05, 4.69) is 20.8 Å². The van der Waals surface area contributed by atoms with E-state index in [1.165, 1.54) is 38.5 Å². The van der Waals surface area contributed by atoms with E-state index >= 15 is 0 Å². The van der Waals surface area contributed by atoms with Crippen LogP contribution in [0.5, 0.6) is 11.5 Å².